The molecule has 0 saturated carbocycles. The summed E-state index contributed by atoms with van der Waals surface area (Å²) in [6.07, 6.45) is 0. The summed E-state index contributed by atoms with van der Waals surface area (Å²) >= 11 is 0. The second-order valence-corrected chi connectivity index (χ2v) is 5.85. The van der Waals surface area contributed by atoms with Crippen LogP contribution in [0.5, 0.6) is 5.75 Å². The minimum atomic E-state index is -0.962. The number of nitrogens with zero attached hydrogens (tertiary/aromatic N) is 3. The van der Waals surface area contributed by atoms with Crippen molar-refractivity contribution in [2.75, 3.05) is 0 Å². The Morgan fingerprint density at radius 2 is 2.12 bits per heavy atom. The normalized spacial score (nSPS) is 15.8. The largest absolute Gasteiger partial charge is 0.440 e. The van der Waals surface area contributed by atoms with Gasteiger partial charge in [0.25, 0.3) is 11.2 Å². The lowest BCUT2D eigenvalue weighted by atomic mass is 9.83. The Kier molecular flexibility index (Phi) is 4.22. The summed E-state index contributed by atoms with van der Waals surface area (Å²) in [7, 11) is 0. The third-order valence-electron chi connectivity index (χ3n) is 4.45. The van der Waals surface area contributed by atoms with E-state index in [9.17, 15) is 20.2 Å². The van der Waals surface area contributed by atoms with Crippen LogP contribution in [-0.2, 0) is 6.54 Å². The van der Waals surface area contributed by atoms with Crippen LogP contribution in [0.25, 0.3) is 0 Å². The van der Waals surface area contributed by atoms with E-state index in [-0.39, 0.29) is 39.6 Å². The standard InChI is InChI=1S/C18H16N4O4/c1-3-21-10(2)8-14-16(18(21)23)15(12(9-19)17(20)26-14)11-6-4-5-7-13(11)22(24)25/h4-8,15H,3,20H2,1-2H3. The molecular formula is C18H16N4O4. The van der Waals surface area contributed by atoms with Crippen LogP contribution in [-0.4, -0.2) is 9.49 Å². The van der Waals surface area contributed by atoms with Crippen LogP contribution < -0.4 is 16.0 Å². The first-order chi connectivity index (χ1) is 12.4. The summed E-state index contributed by atoms with van der Waals surface area (Å²) in [4.78, 5) is 24.0. The third kappa shape index (κ3) is 2.50. The molecule has 0 saturated heterocycles. The van der Waals surface area contributed by atoms with Gasteiger partial charge < -0.3 is 15.0 Å². The third-order valence-corrected chi connectivity index (χ3v) is 4.45. The molecule has 0 spiro atoms. The Morgan fingerprint density at radius 1 is 1.42 bits per heavy atom. The van der Waals surface area contributed by atoms with Gasteiger partial charge in [0.2, 0.25) is 5.88 Å². The molecule has 1 aromatic heterocycles. The van der Waals surface area contributed by atoms with Crippen molar-refractivity contribution in [2.45, 2.75) is 26.3 Å². The van der Waals surface area contributed by atoms with Crippen LogP contribution in [0.3, 0.4) is 0 Å². The van der Waals surface area contributed by atoms with E-state index in [0.717, 1.165) is 0 Å². The van der Waals surface area contributed by atoms with Crippen molar-refractivity contribution in [3.05, 3.63) is 79.1 Å². The Morgan fingerprint density at radius 3 is 2.73 bits per heavy atom. The van der Waals surface area contributed by atoms with Gasteiger partial charge in [0, 0.05) is 29.9 Å². The van der Waals surface area contributed by atoms with Gasteiger partial charge in [-0.3, -0.25) is 14.9 Å². The fourth-order valence-corrected chi connectivity index (χ4v) is 3.29. The van der Waals surface area contributed by atoms with E-state index >= 15 is 0 Å². The Balaban J connectivity index is 2.41. The molecular weight excluding hydrogens is 336 g/mol. The number of allylic oxidation sites excluding steroid dienone is 1. The number of ether oxygens (including phenoxy) is 1. The maximum Gasteiger partial charge on any atom is 0.273 e. The number of aryl methyl sites for hydroxylation is 1. The zero-order valence-electron chi connectivity index (χ0n) is 14.2. The van der Waals surface area contributed by atoms with Crippen molar-refractivity contribution in [1.29, 1.82) is 5.26 Å². The van der Waals surface area contributed by atoms with Crippen LogP contribution in [0.2, 0.25) is 0 Å². The number of nitriles is 1. The summed E-state index contributed by atoms with van der Waals surface area (Å²) in [6.45, 7) is 4.00. The number of fused-ring (bicyclic) bond motifs is 1. The number of nitrogens with two attached hydrogens (primary N) is 1. The molecule has 1 unspecified atom stereocenters. The molecule has 8 nitrogen and oxygen atoms in total. The zero-order chi connectivity index (χ0) is 19.0. The van der Waals surface area contributed by atoms with E-state index in [1.807, 2.05) is 13.0 Å². The first-order valence-electron chi connectivity index (χ1n) is 7.95. The minimum Gasteiger partial charge on any atom is -0.440 e. The molecule has 0 bridgehead atoms. The molecule has 0 radical (unpaired) electrons. The highest BCUT2D eigenvalue weighted by molar-refractivity contribution is 5.59. The van der Waals surface area contributed by atoms with E-state index in [2.05, 4.69) is 0 Å². The monoisotopic (exact) mass is 352 g/mol. The molecule has 3 rings (SSSR count). The van der Waals surface area contributed by atoms with Crippen molar-refractivity contribution in [3.8, 4) is 11.8 Å². The van der Waals surface area contributed by atoms with Crippen LogP contribution >= 0.6 is 0 Å². The van der Waals surface area contributed by atoms with E-state index in [4.69, 9.17) is 10.5 Å². The Hall–Kier alpha value is -3.60. The number of pyridine rings is 1. The number of hydrogen-bond donors (Lipinski definition) is 1. The van der Waals surface area contributed by atoms with Crippen LogP contribution in [0, 0.1) is 28.4 Å². The number of nitro benzene ring substituents is 1. The van der Waals surface area contributed by atoms with Crippen molar-refractivity contribution in [1.82, 2.24) is 4.57 Å². The lowest BCUT2D eigenvalue weighted by Crippen LogP contribution is -2.32. The van der Waals surface area contributed by atoms with Gasteiger partial charge in [-0.15, -0.1) is 0 Å². The Labute approximate surface area is 148 Å². The summed E-state index contributed by atoms with van der Waals surface area (Å²) in [6, 6.07) is 9.61. The molecule has 1 aromatic carbocycles. The highest BCUT2D eigenvalue weighted by Gasteiger charge is 2.37. The molecule has 1 aliphatic heterocycles. The number of hydrogen-bond acceptors (Lipinski definition) is 6. The SMILES string of the molecule is CCn1c(C)cc2c(c1=O)C(c1ccccc1[N+](=O)[O-])C(C#N)=C(N)O2. The highest BCUT2D eigenvalue weighted by atomic mass is 16.6. The van der Waals surface area contributed by atoms with Crippen molar-refractivity contribution in [3.63, 3.8) is 0 Å². The first kappa shape index (κ1) is 17.2. The summed E-state index contributed by atoms with van der Waals surface area (Å²) in [5.74, 6) is -0.899. The zero-order valence-corrected chi connectivity index (χ0v) is 14.2. The minimum absolute atomic E-state index is 0.0181. The number of para-hydroxylation sites is 1. The molecule has 8 heteroatoms. The lowest BCUT2D eigenvalue weighted by molar-refractivity contribution is -0.385. The predicted octanol–water partition coefficient (Wildman–Crippen LogP) is 2.30. The summed E-state index contributed by atoms with van der Waals surface area (Å²) in [5.41, 5.74) is 6.40. The topological polar surface area (TPSA) is 124 Å². The molecule has 26 heavy (non-hydrogen) atoms. The maximum atomic E-state index is 13.0. The quantitative estimate of drug-likeness (QED) is 0.667. The molecule has 1 atom stereocenters. The Bertz CT molecular complexity index is 1050. The molecule has 0 amide bonds. The molecule has 0 fully saturated rings. The second kappa shape index (κ2) is 6.37. The fraction of sp³-hybridized carbons (Fsp3) is 0.222. The number of aromatic nitrogens is 1. The second-order valence-electron chi connectivity index (χ2n) is 5.85. The molecule has 0 aliphatic carbocycles. The van der Waals surface area contributed by atoms with Crippen molar-refractivity contribution >= 4 is 5.69 Å². The van der Waals surface area contributed by atoms with E-state index in [0.29, 0.717) is 12.2 Å². The lowest BCUT2D eigenvalue weighted by Gasteiger charge is -2.27. The molecule has 1 aliphatic rings. The van der Waals surface area contributed by atoms with E-state index < -0.39 is 10.8 Å². The van der Waals surface area contributed by atoms with Gasteiger partial charge in [-0.2, -0.15) is 5.26 Å². The highest BCUT2D eigenvalue weighted by Crippen LogP contribution is 2.43. The van der Waals surface area contributed by atoms with Crippen LogP contribution in [0.1, 0.15) is 29.7 Å². The van der Waals surface area contributed by atoms with Crippen LogP contribution in [0.4, 0.5) is 5.69 Å². The molecule has 132 valence electrons. The van der Waals surface area contributed by atoms with Gasteiger partial charge in [0.1, 0.15) is 17.4 Å². The van der Waals surface area contributed by atoms with Gasteiger partial charge in [-0.25, -0.2) is 0 Å². The van der Waals surface area contributed by atoms with Gasteiger partial charge in [0.15, 0.2) is 0 Å². The maximum absolute atomic E-state index is 13.0. The molecule has 2 heterocycles. The summed E-state index contributed by atoms with van der Waals surface area (Å²) < 4.78 is 7.03. The van der Waals surface area contributed by atoms with Crippen molar-refractivity contribution < 1.29 is 9.66 Å². The van der Waals surface area contributed by atoms with Gasteiger partial charge in [-0.05, 0) is 13.8 Å². The summed E-state index contributed by atoms with van der Waals surface area (Å²) in [5, 5.41) is 21.0. The smallest absolute Gasteiger partial charge is 0.273 e. The molecule has 2 N–H and O–H groups in total. The predicted molar refractivity (Wildman–Crippen MR) is 93.5 cm³/mol. The van der Waals surface area contributed by atoms with E-state index in [1.54, 1.807) is 19.1 Å². The number of nitro groups is 1. The fourth-order valence-electron chi connectivity index (χ4n) is 3.29. The van der Waals surface area contributed by atoms with Gasteiger partial charge >= 0.3 is 0 Å². The number of benzene rings is 1. The molecule has 2 aromatic rings. The van der Waals surface area contributed by atoms with E-state index in [1.165, 1.54) is 22.8 Å². The average molecular weight is 352 g/mol. The number of rotatable bonds is 3. The first-order valence-corrected chi connectivity index (χ1v) is 7.95. The average Bonchev–Trinajstić information content (AvgIpc) is 2.60. The van der Waals surface area contributed by atoms with Crippen LogP contribution in [0.15, 0.2) is 46.6 Å². The van der Waals surface area contributed by atoms with Gasteiger partial charge in [0.05, 0.1) is 16.4 Å². The van der Waals surface area contributed by atoms with Crippen molar-refractivity contribution in [2.24, 2.45) is 5.73 Å². The van der Waals surface area contributed by atoms with Gasteiger partial charge in [-0.1, -0.05) is 18.2 Å².